The van der Waals surface area contributed by atoms with E-state index in [1.807, 2.05) is 6.92 Å². The van der Waals surface area contributed by atoms with Gasteiger partial charge in [0, 0.05) is 12.6 Å². The number of anilines is 2. The van der Waals surface area contributed by atoms with E-state index in [-0.39, 0.29) is 17.6 Å². The molecule has 0 bridgehead atoms. The molecule has 1 N–H and O–H groups in total. The SMILES string of the molecule is CCNc1ncnc(N(CC(F)(F)F)C2CC2)c1OC. The van der Waals surface area contributed by atoms with E-state index in [2.05, 4.69) is 15.3 Å². The van der Waals surface area contributed by atoms with Crippen molar-refractivity contribution in [1.29, 1.82) is 0 Å². The van der Waals surface area contributed by atoms with Gasteiger partial charge in [-0.2, -0.15) is 13.2 Å². The summed E-state index contributed by atoms with van der Waals surface area (Å²) in [5.74, 6) is 0.858. The van der Waals surface area contributed by atoms with E-state index in [1.54, 1.807) is 0 Å². The lowest BCUT2D eigenvalue weighted by Crippen LogP contribution is -2.37. The molecule has 0 radical (unpaired) electrons. The van der Waals surface area contributed by atoms with E-state index < -0.39 is 12.7 Å². The van der Waals surface area contributed by atoms with Crippen LogP contribution < -0.4 is 15.0 Å². The van der Waals surface area contributed by atoms with Gasteiger partial charge in [0.2, 0.25) is 5.75 Å². The van der Waals surface area contributed by atoms with Crippen LogP contribution in [-0.2, 0) is 0 Å². The zero-order chi connectivity index (χ0) is 14.8. The average molecular weight is 290 g/mol. The number of alkyl halides is 3. The van der Waals surface area contributed by atoms with Crippen molar-refractivity contribution in [3.63, 3.8) is 0 Å². The minimum absolute atomic E-state index is 0.130. The second-order valence-corrected chi connectivity index (χ2v) is 4.58. The fourth-order valence-electron chi connectivity index (χ4n) is 2.01. The largest absolute Gasteiger partial charge is 0.490 e. The molecule has 20 heavy (non-hydrogen) atoms. The van der Waals surface area contributed by atoms with Gasteiger partial charge in [-0.15, -0.1) is 0 Å². The predicted octanol–water partition coefficient (Wildman–Crippen LogP) is 2.45. The highest BCUT2D eigenvalue weighted by molar-refractivity contribution is 5.65. The summed E-state index contributed by atoms with van der Waals surface area (Å²) in [5, 5.41) is 2.96. The third-order valence-electron chi connectivity index (χ3n) is 2.94. The molecule has 112 valence electrons. The zero-order valence-corrected chi connectivity index (χ0v) is 11.4. The Bertz CT molecular complexity index is 463. The quantitative estimate of drug-likeness (QED) is 0.872. The first kappa shape index (κ1) is 14.7. The number of ether oxygens (including phenoxy) is 1. The molecule has 1 aromatic rings. The summed E-state index contributed by atoms with van der Waals surface area (Å²) in [4.78, 5) is 9.24. The molecule has 0 aliphatic heterocycles. The average Bonchev–Trinajstić information content (AvgIpc) is 3.19. The molecule has 5 nitrogen and oxygen atoms in total. The van der Waals surface area contributed by atoms with Crippen molar-refractivity contribution in [2.75, 3.05) is 30.4 Å². The normalized spacial score (nSPS) is 15.1. The Morgan fingerprint density at radius 3 is 2.60 bits per heavy atom. The summed E-state index contributed by atoms with van der Waals surface area (Å²) in [6, 6.07) is -0.130. The first-order valence-electron chi connectivity index (χ1n) is 6.42. The molecule has 0 atom stereocenters. The number of halogens is 3. The third kappa shape index (κ3) is 3.43. The molecule has 0 spiro atoms. The van der Waals surface area contributed by atoms with Crippen LogP contribution in [0.3, 0.4) is 0 Å². The molecular formula is C12H17F3N4O. The molecule has 1 saturated carbocycles. The van der Waals surface area contributed by atoms with Gasteiger partial charge in [-0.3, -0.25) is 0 Å². The monoisotopic (exact) mass is 290 g/mol. The number of methoxy groups -OCH3 is 1. The summed E-state index contributed by atoms with van der Waals surface area (Å²) in [7, 11) is 1.40. The van der Waals surface area contributed by atoms with Crippen molar-refractivity contribution >= 4 is 11.6 Å². The Hall–Kier alpha value is -1.73. The molecule has 1 fully saturated rings. The molecule has 2 rings (SSSR count). The highest BCUT2D eigenvalue weighted by atomic mass is 19.4. The maximum atomic E-state index is 12.7. The van der Waals surface area contributed by atoms with E-state index in [9.17, 15) is 13.2 Å². The van der Waals surface area contributed by atoms with Crippen LogP contribution in [0.4, 0.5) is 24.8 Å². The van der Waals surface area contributed by atoms with Crippen LogP contribution >= 0.6 is 0 Å². The van der Waals surface area contributed by atoms with Crippen molar-refractivity contribution in [2.45, 2.75) is 32.0 Å². The molecule has 0 saturated heterocycles. The van der Waals surface area contributed by atoms with Crippen LogP contribution in [0.5, 0.6) is 5.75 Å². The molecular weight excluding hydrogens is 273 g/mol. The first-order chi connectivity index (χ1) is 9.46. The number of hydrogen-bond donors (Lipinski definition) is 1. The van der Waals surface area contributed by atoms with E-state index in [0.29, 0.717) is 12.4 Å². The second-order valence-electron chi connectivity index (χ2n) is 4.58. The van der Waals surface area contributed by atoms with Crippen molar-refractivity contribution in [2.24, 2.45) is 0 Å². The first-order valence-corrected chi connectivity index (χ1v) is 6.42. The molecule has 1 aromatic heterocycles. The Balaban J connectivity index is 2.34. The number of hydrogen-bond acceptors (Lipinski definition) is 5. The van der Waals surface area contributed by atoms with Crippen LogP contribution in [0, 0.1) is 0 Å². The van der Waals surface area contributed by atoms with Gasteiger partial charge < -0.3 is 15.0 Å². The van der Waals surface area contributed by atoms with Gasteiger partial charge in [-0.1, -0.05) is 0 Å². The van der Waals surface area contributed by atoms with Gasteiger partial charge in [0.15, 0.2) is 11.6 Å². The van der Waals surface area contributed by atoms with Gasteiger partial charge >= 0.3 is 6.18 Å². The van der Waals surface area contributed by atoms with E-state index in [0.717, 1.165) is 12.8 Å². The smallest absolute Gasteiger partial charge is 0.405 e. The number of aromatic nitrogens is 2. The Morgan fingerprint density at radius 1 is 1.40 bits per heavy atom. The van der Waals surface area contributed by atoms with Gasteiger partial charge in [0.05, 0.1) is 7.11 Å². The topological polar surface area (TPSA) is 50.3 Å². The standard InChI is InChI=1S/C12H17F3N4O/c1-3-16-10-9(20-2)11(18-7-17-10)19(8-4-5-8)6-12(13,14)15/h7-8H,3-6H2,1-2H3,(H,16,17,18). The summed E-state index contributed by atoms with van der Waals surface area (Å²) < 4.78 is 43.4. The molecule has 1 aliphatic rings. The fraction of sp³-hybridized carbons (Fsp3) is 0.667. The van der Waals surface area contributed by atoms with Crippen LogP contribution in [0.2, 0.25) is 0 Å². The van der Waals surface area contributed by atoms with Crippen molar-refractivity contribution in [1.82, 2.24) is 9.97 Å². The Labute approximate surface area is 115 Å². The predicted molar refractivity (Wildman–Crippen MR) is 69.2 cm³/mol. The summed E-state index contributed by atoms with van der Waals surface area (Å²) >= 11 is 0. The molecule has 8 heteroatoms. The summed E-state index contributed by atoms with van der Waals surface area (Å²) in [6.07, 6.45) is -1.56. The van der Waals surface area contributed by atoms with Crippen molar-refractivity contribution in [3.8, 4) is 5.75 Å². The lowest BCUT2D eigenvalue weighted by atomic mass is 10.3. The van der Waals surface area contributed by atoms with Crippen molar-refractivity contribution < 1.29 is 17.9 Å². The van der Waals surface area contributed by atoms with E-state index >= 15 is 0 Å². The van der Waals surface area contributed by atoms with Crippen LogP contribution in [0.1, 0.15) is 19.8 Å². The van der Waals surface area contributed by atoms with Gasteiger partial charge in [0.1, 0.15) is 12.9 Å². The number of rotatable bonds is 6. The minimum Gasteiger partial charge on any atom is -0.490 e. The maximum absolute atomic E-state index is 12.7. The molecule has 0 unspecified atom stereocenters. The van der Waals surface area contributed by atoms with Gasteiger partial charge in [-0.05, 0) is 19.8 Å². The summed E-state index contributed by atoms with van der Waals surface area (Å²) in [6.45, 7) is 1.43. The van der Waals surface area contributed by atoms with Crippen LogP contribution in [-0.4, -0.2) is 42.4 Å². The van der Waals surface area contributed by atoms with Gasteiger partial charge in [0.25, 0.3) is 0 Å². The highest BCUT2D eigenvalue weighted by Crippen LogP contribution is 2.39. The molecule has 1 aliphatic carbocycles. The fourth-order valence-corrected chi connectivity index (χ4v) is 2.01. The zero-order valence-electron chi connectivity index (χ0n) is 11.4. The molecule has 1 heterocycles. The van der Waals surface area contributed by atoms with E-state index in [4.69, 9.17) is 4.74 Å². The van der Waals surface area contributed by atoms with Crippen LogP contribution in [0.15, 0.2) is 6.33 Å². The minimum atomic E-state index is -4.28. The van der Waals surface area contributed by atoms with Crippen molar-refractivity contribution in [3.05, 3.63) is 6.33 Å². The second kappa shape index (κ2) is 5.72. The number of nitrogens with one attached hydrogen (secondary N) is 1. The molecule has 0 amide bonds. The Kier molecular flexibility index (Phi) is 4.20. The maximum Gasteiger partial charge on any atom is 0.405 e. The van der Waals surface area contributed by atoms with Gasteiger partial charge in [-0.25, -0.2) is 9.97 Å². The molecule has 0 aromatic carbocycles. The van der Waals surface area contributed by atoms with Crippen LogP contribution in [0.25, 0.3) is 0 Å². The number of nitrogens with zero attached hydrogens (tertiary/aromatic N) is 3. The lowest BCUT2D eigenvalue weighted by molar-refractivity contribution is -0.120. The lowest BCUT2D eigenvalue weighted by Gasteiger charge is -2.26. The Morgan fingerprint density at radius 2 is 2.10 bits per heavy atom. The summed E-state index contributed by atoms with van der Waals surface area (Å²) in [5.41, 5.74) is 0. The van der Waals surface area contributed by atoms with E-state index in [1.165, 1.54) is 18.3 Å². The highest BCUT2D eigenvalue weighted by Gasteiger charge is 2.40. The third-order valence-corrected chi connectivity index (χ3v) is 2.94.